The lowest BCUT2D eigenvalue weighted by Gasteiger charge is -2.18. The molecule has 1 atom stereocenters. The van der Waals surface area contributed by atoms with Gasteiger partial charge < -0.3 is 5.32 Å². The summed E-state index contributed by atoms with van der Waals surface area (Å²) in [5, 5.41) is 14.4. The number of nitrogens with one attached hydrogen (secondary N) is 3. The molecule has 1 heterocycles. The molecule has 0 spiro atoms. The number of hydrogen-bond acceptors (Lipinski definition) is 5. The largest absolute Gasteiger partial charge is 0.335 e. The summed E-state index contributed by atoms with van der Waals surface area (Å²) in [5.41, 5.74) is 2.98. The highest BCUT2D eigenvalue weighted by Gasteiger charge is 2.27. The Morgan fingerprint density at radius 3 is 2.41 bits per heavy atom. The fourth-order valence-corrected chi connectivity index (χ4v) is 3.62. The number of carbonyl (C=O) groups excluding carboxylic acids is 2. The average molecular weight is 494 g/mol. The van der Waals surface area contributed by atoms with E-state index in [-0.39, 0.29) is 10.7 Å². The number of aromatic amines is 1. The van der Waals surface area contributed by atoms with Gasteiger partial charge in [-0.25, -0.2) is 10.5 Å². The summed E-state index contributed by atoms with van der Waals surface area (Å²) >= 11 is 12.2. The summed E-state index contributed by atoms with van der Waals surface area (Å²) in [6.45, 7) is 0. The maximum Gasteiger partial charge on any atom is 0.272 e. The number of halogens is 2. The Hall–Kier alpha value is -4.01. The number of fused-ring (bicyclic) bond motifs is 1. The van der Waals surface area contributed by atoms with Crippen molar-refractivity contribution in [1.29, 1.82) is 0 Å². The van der Waals surface area contributed by atoms with Gasteiger partial charge in [0.15, 0.2) is 6.04 Å². The summed E-state index contributed by atoms with van der Waals surface area (Å²) in [5.74, 6) is -1.18. The Morgan fingerprint density at radius 2 is 1.65 bits per heavy atom. The SMILES string of the molecule is O=C(NC(C(=O)N/N=C/c1cccc(Cl)c1Cl)c1n[nH]c(=O)c2ccccc12)c1ccccc1. The third-order valence-electron chi connectivity index (χ3n) is 4.93. The number of nitrogens with zero attached hydrogens (tertiary/aromatic N) is 2. The lowest BCUT2D eigenvalue weighted by molar-refractivity contribution is -0.123. The van der Waals surface area contributed by atoms with Crippen LogP contribution < -0.4 is 16.3 Å². The number of benzene rings is 3. The van der Waals surface area contributed by atoms with Gasteiger partial charge in [-0.2, -0.15) is 10.2 Å². The fraction of sp³-hybridized carbons (Fsp3) is 0.0417. The van der Waals surface area contributed by atoms with E-state index in [0.29, 0.717) is 26.9 Å². The van der Waals surface area contributed by atoms with E-state index in [1.165, 1.54) is 6.21 Å². The molecule has 0 fully saturated rings. The van der Waals surface area contributed by atoms with E-state index in [1.807, 2.05) is 0 Å². The molecule has 0 aliphatic carbocycles. The van der Waals surface area contributed by atoms with Gasteiger partial charge in [0.05, 0.1) is 21.6 Å². The zero-order valence-corrected chi connectivity index (χ0v) is 19.0. The number of hydrogen-bond donors (Lipinski definition) is 3. The second kappa shape index (κ2) is 10.3. The highest BCUT2D eigenvalue weighted by molar-refractivity contribution is 6.43. The van der Waals surface area contributed by atoms with Crippen LogP contribution in [-0.4, -0.2) is 28.2 Å². The predicted molar refractivity (Wildman–Crippen MR) is 131 cm³/mol. The van der Waals surface area contributed by atoms with Crippen molar-refractivity contribution in [1.82, 2.24) is 20.9 Å². The van der Waals surface area contributed by atoms with Crippen molar-refractivity contribution in [2.75, 3.05) is 0 Å². The van der Waals surface area contributed by atoms with Gasteiger partial charge in [-0.15, -0.1) is 0 Å². The van der Waals surface area contributed by atoms with Crippen molar-refractivity contribution >= 4 is 52.0 Å². The van der Waals surface area contributed by atoms with Gasteiger partial charge in [-0.05, 0) is 24.3 Å². The van der Waals surface area contributed by atoms with Gasteiger partial charge in [-0.3, -0.25) is 14.4 Å². The van der Waals surface area contributed by atoms with Crippen LogP contribution >= 0.6 is 23.2 Å². The molecule has 0 saturated carbocycles. The predicted octanol–water partition coefficient (Wildman–Crippen LogP) is 3.85. The van der Waals surface area contributed by atoms with E-state index in [2.05, 4.69) is 26.0 Å². The summed E-state index contributed by atoms with van der Waals surface area (Å²) in [6.07, 6.45) is 1.33. The molecule has 4 aromatic rings. The molecule has 34 heavy (non-hydrogen) atoms. The third kappa shape index (κ3) is 4.98. The van der Waals surface area contributed by atoms with Crippen molar-refractivity contribution in [3.05, 3.63) is 110 Å². The Kier molecular flexibility index (Phi) is 7.01. The van der Waals surface area contributed by atoms with E-state index in [0.717, 1.165) is 0 Å². The molecule has 8 nitrogen and oxygen atoms in total. The quantitative estimate of drug-likeness (QED) is 0.279. The Morgan fingerprint density at radius 1 is 0.941 bits per heavy atom. The summed E-state index contributed by atoms with van der Waals surface area (Å²) in [7, 11) is 0. The van der Waals surface area contributed by atoms with Gasteiger partial charge >= 0.3 is 0 Å². The van der Waals surface area contributed by atoms with Crippen molar-refractivity contribution in [3.8, 4) is 0 Å². The first-order valence-electron chi connectivity index (χ1n) is 10.1. The van der Waals surface area contributed by atoms with Crippen molar-refractivity contribution in [3.63, 3.8) is 0 Å². The van der Waals surface area contributed by atoms with E-state index >= 15 is 0 Å². The summed E-state index contributed by atoms with van der Waals surface area (Å²) in [6, 6.07) is 18.8. The molecule has 0 aliphatic rings. The number of amides is 2. The smallest absolute Gasteiger partial charge is 0.272 e. The molecule has 0 radical (unpaired) electrons. The second-order valence-electron chi connectivity index (χ2n) is 7.13. The van der Waals surface area contributed by atoms with Gasteiger partial charge in [-0.1, -0.05) is 71.7 Å². The number of rotatable bonds is 6. The summed E-state index contributed by atoms with van der Waals surface area (Å²) < 4.78 is 0. The van der Waals surface area contributed by atoms with Crippen LogP contribution in [0.5, 0.6) is 0 Å². The van der Waals surface area contributed by atoms with Crippen LogP contribution in [0.1, 0.15) is 27.7 Å². The van der Waals surface area contributed by atoms with Crippen LogP contribution in [0.25, 0.3) is 10.8 Å². The molecule has 0 aliphatic heterocycles. The topological polar surface area (TPSA) is 116 Å². The molecular formula is C24H17Cl2N5O3. The van der Waals surface area contributed by atoms with Crippen molar-refractivity contribution in [2.24, 2.45) is 5.10 Å². The highest BCUT2D eigenvalue weighted by atomic mass is 35.5. The minimum Gasteiger partial charge on any atom is -0.335 e. The maximum atomic E-state index is 13.2. The van der Waals surface area contributed by atoms with Gasteiger partial charge in [0.1, 0.15) is 5.69 Å². The zero-order valence-electron chi connectivity index (χ0n) is 17.5. The molecule has 4 rings (SSSR count). The molecular weight excluding hydrogens is 477 g/mol. The van der Waals surface area contributed by atoms with Crippen LogP contribution in [0, 0.1) is 0 Å². The maximum absolute atomic E-state index is 13.2. The molecule has 1 aromatic heterocycles. The molecule has 1 unspecified atom stereocenters. The minimum absolute atomic E-state index is 0.160. The lowest BCUT2D eigenvalue weighted by atomic mass is 10.0. The molecule has 3 N–H and O–H groups in total. The average Bonchev–Trinajstić information content (AvgIpc) is 2.86. The van der Waals surface area contributed by atoms with Crippen LogP contribution in [0.4, 0.5) is 0 Å². The first-order chi connectivity index (χ1) is 16.5. The molecule has 2 amide bonds. The highest BCUT2D eigenvalue weighted by Crippen LogP contribution is 2.24. The summed E-state index contributed by atoms with van der Waals surface area (Å²) in [4.78, 5) is 38.2. The fourth-order valence-electron chi connectivity index (χ4n) is 3.27. The lowest BCUT2D eigenvalue weighted by Crippen LogP contribution is -2.40. The first kappa shape index (κ1) is 23.2. The molecule has 10 heteroatoms. The van der Waals surface area contributed by atoms with Crippen LogP contribution in [0.15, 0.2) is 82.7 Å². The van der Waals surface area contributed by atoms with E-state index in [1.54, 1.807) is 72.8 Å². The van der Waals surface area contributed by atoms with Crippen molar-refractivity contribution < 1.29 is 9.59 Å². The molecule has 3 aromatic carbocycles. The molecule has 0 saturated heterocycles. The van der Waals surface area contributed by atoms with E-state index in [4.69, 9.17) is 23.2 Å². The molecule has 170 valence electrons. The Balaban J connectivity index is 1.68. The number of carbonyl (C=O) groups is 2. The van der Waals surface area contributed by atoms with Gasteiger partial charge in [0.25, 0.3) is 17.4 Å². The van der Waals surface area contributed by atoms with E-state index in [9.17, 15) is 14.4 Å². The van der Waals surface area contributed by atoms with Gasteiger partial charge in [0, 0.05) is 16.5 Å². The molecule has 0 bridgehead atoms. The minimum atomic E-state index is -1.26. The Bertz CT molecular complexity index is 1450. The number of hydrazone groups is 1. The van der Waals surface area contributed by atoms with E-state index < -0.39 is 23.4 Å². The third-order valence-corrected chi connectivity index (χ3v) is 5.77. The van der Waals surface area contributed by atoms with Crippen LogP contribution in [0.2, 0.25) is 10.0 Å². The second-order valence-corrected chi connectivity index (χ2v) is 7.92. The van der Waals surface area contributed by atoms with Crippen LogP contribution in [-0.2, 0) is 4.79 Å². The van der Waals surface area contributed by atoms with Crippen LogP contribution in [0.3, 0.4) is 0 Å². The number of H-pyrrole nitrogens is 1. The Labute approximate surface area is 203 Å². The zero-order chi connectivity index (χ0) is 24.1. The van der Waals surface area contributed by atoms with Gasteiger partial charge in [0.2, 0.25) is 0 Å². The standard InChI is InChI=1S/C24H17Cl2N5O3/c25-18-12-6-9-15(19(18)26)13-27-30-24(34)21(28-22(32)14-7-2-1-3-8-14)20-16-10-4-5-11-17(16)23(33)31-29-20/h1-13,21H,(H,28,32)(H,30,34)(H,31,33)/b27-13+. The van der Waals surface area contributed by atoms with Crippen molar-refractivity contribution in [2.45, 2.75) is 6.04 Å². The normalized spacial score (nSPS) is 11.9. The monoisotopic (exact) mass is 493 g/mol. The number of aromatic nitrogens is 2. The first-order valence-corrected chi connectivity index (χ1v) is 10.8.